The van der Waals surface area contributed by atoms with Gasteiger partial charge in [0.05, 0.1) is 10.6 Å². The van der Waals surface area contributed by atoms with Crippen molar-refractivity contribution in [1.82, 2.24) is 4.98 Å². The summed E-state index contributed by atoms with van der Waals surface area (Å²) in [6.07, 6.45) is 2.48. The van der Waals surface area contributed by atoms with Crippen molar-refractivity contribution in [3.8, 4) is 0 Å². The fourth-order valence-corrected chi connectivity index (χ4v) is 4.02. The number of aromatic nitrogens is 1. The zero-order valence-electron chi connectivity index (χ0n) is 16.3. The first-order valence-electron chi connectivity index (χ1n) is 9.11. The van der Waals surface area contributed by atoms with Gasteiger partial charge in [0.2, 0.25) is 5.96 Å². The van der Waals surface area contributed by atoms with Gasteiger partial charge in [0, 0.05) is 28.4 Å². The van der Waals surface area contributed by atoms with Crippen LogP contribution in [0, 0.1) is 5.92 Å². The van der Waals surface area contributed by atoms with Crippen molar-refractivity contribution in [2.45, 2.75) is 25.2 Å². The van der Waals surface area contributed by atoms with E-state index in [2.05, 4.69) is 33.8 Å². The molecule has 0 unspecified atom stereocenters. The maximum atomic E-state index is 12.6. The number of hydrogen-bond donors (Lipinski definition) is 4. The summed E-state index contributed by atoms with van der Waals surface area (Å²) in [5, 5.41) is 8.82. The minimum absolute atomic E-state index is 0.123. The summed E-state index contributed by atoms with van der Waals surface area (Å²) < 4.78 is 27.9. The van der Waals surface area contributed by atoms with Gasteiger partial charge in [-0.15, -0.1) is 5.10 Å². The molecule has 9 heteroatoms. The van der Waals surface area contributed by atoms with Crippen molar-refractivity contribution < 1.29 is 8.42 Å². The maximum Gasteiger partial charge on any atom is 0.261 e. The molecule has 0 aliphatic rings. The number of sulfonamides is 1. The van der Waals surface area contributed by atoms with Gasteiger partial charge in [0.15, 0.2) is 0 Å². The molecule has 8 nitrogen and oxygen atoms in total. The second-order valence-corrected chi connectivity index (χ2v) is 8.73. The van der Waals surface area contributed by atoms with Crippen LogP contribution < -0.4 is 16.2 Å². The van der Waals surface area contributed by atoms with Crippen molar-refractivity contribution in [2.24, 2.45) is 27.6 Å². The Kier molecular flexibility index (Phi) is 5.88. The zero-order chi connectivity index (χ0) is 21.0. The Balaban J connectivity index is 2.02. The van der Waals surface area contributed by atoms with Crippen molar-refractivity contribution in [3.63, 3.8) is 0 Å². The number of benzene rings is 2. The predicted molar refractivity (Wildman–Crippen MR) is 117 cm³/mol. The molecule has 0 radical (unpaired) electrons. The van der Waals surface area contributed by atoms with Crippen LogP contribution in [0.25, 0.3) is 10.9 Å². The predicted octanol–water partition coefficient (Wildman–Crippen LogP) is 2.99. The molecule has 2 aromatic carbocycles. The summed E-state index contributed by atoms with van der Waals surface area (Å²) in [5.74, 6) is 0.204. The van der Waals surface area contributed by atoms with Crippen LogP contribution >= 0.6 is 0 Å². The number of nitrogens with one attached hydrogen (secondary N) is 2. The van der Waals surface area contributed by atoms with Crippen molar-refractivity contribution in [1.29, 1.82) is 0 Å². The standard InChI is InChI=1S/C20H24N6O2S/c1-13(2)10-19(24-25-20(21)22)17-12-23-18-9-8-14(11-16(17)18)26-29(27,28)15-6-4-3-5-7-15/h3-9,11-13,23,26H,10H2,1-2H3,(H4,21,22,25). The molecule has 0 bridgehead atoms. The quantitative estimate of drug-likeness (QED) is 0.269. The molecule has 0 spiro atoms. The number of anilines is 1. The van der Waals surface area contributed by atoms with Crippen LogP contribution in [0.3, 0.4) is 0 Å². The molecule has 6 N–H and O–H groups in total. The Morgan fingerprint density at radius 2 is 1.83 bits per heavy atom. The Hall–Kier alpha value is -3.33. The van der Waals surface area contributed by atoms with E-state index in [-0.39, 0.29) is 10.9 Å². The maximum absolute atomic E-state index is 12.6. The van der Waals surface area contributed by atoms with Crippen LogP contribution in [0.4, 0.5) is 5.69 Å². The van der Waals surface area contributed by atoms with Crippen LogP contribution in [-0.2, 0) is 10.0 Å². The largest absolute Gasteiger partial charge is 0.369 e. The normalized spacial score (nSPS) is 12.3. The lowest BCUT2D eigenvalue weighted by molar-refractivity contribution is 0.601. The highest BCUT2D eigenvalue weighted by molar-refractivity contribution is 7.92. The van der Waals surface area contributed by atoms with Gasteiger partial charge in [-0.25, -0.2) is 8.42 Å². The molecule has 0 saturated carbocycles. The molecule has 3 rings (SSSR count). The first kappa shape index (κ1) is 20.4. The van der Waals surface area contributed by atoms with Gasteiger partial charge in [-0.05, 0) is 42.7 Å². The third kappa shape index (κ3) is 4.94. The van der Waals surface area contributed by atoms with Gasteiger partial charge in [-0.1, -0.05) is 32.0 Å². The number of rotatable bonds is 7. The fourth-order valence-electron chi connectivity index (χ4n) is 2.95. The zero-order valence-corrected chi connectivity index (χ0v) is 17.1. The molecule has 0 atom stereocenters. The molecule has 0 saturated heterocycles. The minimum Gasteiger partial charge on any atom is -0.369 e. The van der Waals surface area contributed by atoms with E-state index in [0.29, 0.717) is 23.7 Å². The number of nitrogens with two attached hydrogens (primary N) is 2. The highest BCUT2D eigenvalue weighted by Crippen LogP contribution is 2.26. The van der Waals surface area contributed by atoms with Crippen molar-refractivity contribution in [3.05, 3.63) is 60.3 Å². The summed E-state index contributed by atoms with van der Waals surface area (Å²) >= 11 is 0. The van der Waals surface area contributed by atoms with Crippen LogP contribution in [0.2, 0.25) is 0 Å². The second-order valence-electron chi connectivity index (χ2n) is 7.05. The highest BCUT2D eigenvalue weighted by Gasteiger charge is 2.16. The summed E-state index contributed by atoms with van der Waals surface area (Å²) in [7, 11) is -3.68. The fraction of sp³-hybridized carbons (Fsp3) is 0.200. The highest BCUT2D eigenvalue weighted by atomic mass is 32.2. The topological polar surface area (TPSA) is 139 Å². The third-order valence-corrected chi connectivity index (χ3v) is 5.58. The Morgan fingerprint density at radius 3 is 2.48 bits per heavy atom. The smallest absolute Gasteiger partial charge is 0.261 e. The van der Waals surface area contributed by atoms with E-state index in [1.165, 1.54) is 0 Å². The van der Waals surface area contributed by atoms with Gasteiger partial charge in [0.1, 0.15) is 0 Å². The molecule has 1 aromatic heterocycles. The van der Waals surface area contributed by atoms with E-state index in [1.807, 2.05) is 12.3 Å². The van der Waals surface area contributed by atoms with E-state index in [4.69, 9.17) is 11.5 Å². The first-order valence-corrected chi connectivity index (χ1v) is 10.6. The Labute approximate surface area is 169 Å². The summed E-state index contributed by atoms with van der Waals surface area (Å²) in [5.41, 5.74) is 13.7. The lowest BCUT2D eigenvalue weighted by atomic mass is 10.00. The summed E-state index contributed by atoms with van der Waals surface area (Å²) in [6, 6.07) is 13.5. The van der Waals surface area contributed by atoms with Crippen LogP contribution in [0.5, 0.6) is 0 Å². The van der Waals surface area contributed by atoms with Gasteiger partial charge in [-0.3, -0.25) is 4.72 Å². The van der Waals surface area contributed by atoms with Gasteiger partial charge >= 0.3 is 0 Å². The Morgan fingerprint density at radius 1 is 1.10 bits per heavy atom. The molecule has 0 fully saturated rings. The minimum atomic E-state index is -3.68. The number of guanidine groups is 1. The van der Waals surface area contributed by atoms with Gasteiger partial charge in [0.25, 0.3) is 10.0 Å². The average Bonchev–Trinajstić information content (AvgIpc) is 3.08. The van der Waals surface area contributed by atoms with Crippen LogP contribution in [0.1, 0.15) is 25.8 Å². The van der Waals surface area contributed by atoms with Gasteiger partial charge in [-0.2, -0.15) is 5.10 Å². The lowest BCUT2D eigenvalue weighted by Gasteiger charge is -2.10. The molecule has 29 heavy (non-hydrogen) atoms. The molecule has 0 aliphatic carbocycles. The SMILES string of the molecule is CC(C)CC(=NN=C(N)N)c1c[nH]c2ccc(NS(=O)(=O)c3ccccc3)cc12. The molecular formula is C20H24N6O2S. The van der Waals surface area contributed by atoms with E-state index in [9.17, 15) is 8.42 Å². The Bertz CT molecular complexity index is 1160. The van der Waals surface area contributed by atoms with Crippen LogP contribution in [0.15, 0.2) is 69.8 Å². The average molecular weight is 413 g/mol. The monoisotopic (exact) mass is 412 g/mol. The molecular weight excluding hydrogens is 388 g/mol. The van der Waals surface area contributed by atoms with Crippen molar-refractivity contribution >= 4 is 38.3 Å². The van der Waals surface area contributed by atoms with Gasteiger partial charge < -0.3 is 16.5 Å². The molecule has 1 heterocycles. The van der Waals surface area contributed by atoms with E-state index >= 15 is 0 Å². The summed E-state index contributed by atoms with van der Waals surface area (Å²) in [6.45, 7) is 4.14. The lowest BCUT2D eigenvalue weighted by Crippen LogP contribution is -2.22. The van der Waals surface area contributed by atoms with E-state index in [1.54, 1.807) is 42.5 Å². The second kappa shape index (κ2) is 8.36. The van der Waals surface area contributed by atoms with Crippen LogP contribution in [-0.4, -0.2) is 25.1 Å². The summed E-state index contributed by atoms with van der Waals surface area (Å²) in [4.78, 5) is 3.38. The van der Waals surface area contributed by atoms with E-state index in [0.717, 1.165) is 16.5 Å². The number of fused-ring (bicyclic) bond motifs is 1. The third-order valence-electron chi connectivity index (χ3n) is 4.19. The molecule has 0 amide bonds. The van der Waals surface area contributed by atoms with E-state index < -0.39 is 10.0 Å². The number of aromatic amines is 1. The first-order chi connectivity index (χ1) is 13.8. The van der Waals surface area contributed by atoms with Crippen molar-refractivity contribution in [2.75, 3.05) is 4.72 Å². The molecule has 0 aliphatic heterocycles. The number of H-pyrrole nitrogens is 1. The number of nitrogens with zero attached hydrogens (tertiary/aromatic N) is 2. The number of hydrogen-bond acceptors (Lipinski definition) is 4. The molecule has 3 aromatic rings. The molecule has 152 valence electrons.